The molecule has 0 unspecified atom stereocenters. The van der Waals surface area contributed by atoms with E-state index >= 15 is 0 Å². The van der Waals surface area contributed by atoms with Crippen molar-refractivity contribution in [3.05, 3.63) is 28.2 Å². The largest absolute Gasteiger partial charge is 0.468 e. The fourth-order valence-corrected chi connectivity index (χ4v) is 2.79. The Hall–Kier alpha value is -0.363. The molecule has 20 heavy (non-hydrogen) atoms. The fourth-order valence-electron chi connectivity index (χ4n) is 1.59. The number of hydrogen-bond acceptors (Lipinski definition) is 3. The molecule has 0 aliphatic rings. The predicted octanol–water partition coefficient (Wildman–Crippen LogP) is 4.33. The zero-order valence-electron chi connectivity index (χ0n) is 12.9. The Kier molecular flexibility index (Phi) is 7.80. The van der Waals surface area contributed by atoms with Crippen molar-refractivity contribution in [2.75, 3.05) is 27.1 Å². The van der Waals surface area contributed by atoms with Gasteiger partial charge >= 0.3 is 0 Å². The minimum Gasteiger partial charge on any atom is -0.468 e. The van der Waals surface area contributed by atoms with E-state index in [1.807, 2.05) is 18.2 Å². The molecule has 1 aromatic rings. The van der Waals surface area contributed by atoms with Gasteiger partial charge in [-0.05, 0) is 36.2 Å². The molecule has 0 amide bonds. The summed E-state index contributed by atoms with van der Waals surface area (Å²) in [6, 6.07) is 7.14. The Morgan fingerprint density at radius 3 is 2.55 bits per heavy atom. The van der Waals surface area contributed by atoms with E-state index in [-0.39, 0.29) is 0 Å². The molecule has 1 aromatic carbocycles. The topological polar surface area (TPSA) is 27.7 Å². The highest BCUT2D eigenvalue weighted by Gasteiger charge is 2.12. The van der Waals surface area contributed by atoms with Crippen LogP contribution in [0.5, 0.6) is 5.75 Å². The van der Waals surface area contributed by atoms with Gasteiger partial charge in [0.05, 0.1) is 6.61 Å². The van der Waals surface area contributed by atoms with Crippen molar-refractivity contribution >= 4 is 24.0 Å². The van der Waals surface area contributed by atoms with Crippen molar-refractivity contribution in [3.8, 4) is 5.75 Å². The van der Waals surface area contributed by atoms with Crippen LogP contribution in [0.2, 0.25) is 25.7 Å². The third-order valence-electron chi connectivity index (χ3n) is 2.90. The highest BCUT2D eigenvalue weighted by atomic mass is 79.9. The maximum atomic E-state index is 5.63. The van der Waals surface area contributed by atoms with Gasteiger partial charge in [0.2, 0.25) is 0 Å². The second-order valence-electron chi connectivity index (χ2n) is 5.98. The molecule has 0 saturated carbocycles. The van der Waals surface area contributed by atoms with Gasteiger partial charge in [0.25, 0.3) is 0 Å². The number of methoxy groups -OCH3 is 1. The summed E-state index contributed by atoms with van der Waals surface area (Å²) in [5.74, 6) is 0.840. The minimum atomic E-state index is -1.02. The molecule has 0 aliphatic heterocycles. The first-order valence-corrected chi connectivity index (χ1v) is 11.4. The van der Waals surface area contributed by atoms with E-state index in [9.17, 15) is 0 Å². The number of rotatable bonds is 9. The summed E-state index contributed by atoms with van der Waals surface area (Å²) in [5, 5.41) is 0. The van der Waals surface area contributed by atoms with Gasteiger partial charge in [-0.25, -0.2) is 0 Å². The summed E-state index contributed by atoms with van der Waals surface area (Å²) >= 11 is 3.54. The summed E-state index contributed by atoms with van der Waals surface area (Å²) in [4.78, 5) is 0. The van der Waals surface area contributed by atoms with Crippen LogP contribution in [0.4, 0.5) is 0 Å². The summed E-state index contributed by atoms with van der Waals surface area (Å²) in [7, 11) is 0.690. The van der Waals surface area contributed by atoms with Crippen molar-refractivity contribution in [1.29, 1.82) is 0 Å². The van der Waals surface area contributed by atoms with E-state index in [2.05, 4.69) is 35.6 Å². The highest BCUT2D eigenvalue weighted by molar-refractivity contribution is 9.10. The molecule has 0 saturated heterocycles. The molecule has 0 aromatic heterocycles. The Balaban J connectivity index is 2.36. The summed E-state index contributed by atoms with van der Waals surface area (Å²) in [6.45, 7) is 8.82. The van der Waals surface area contributed by atoms with Gasteiger partial charge < -0.3 is 14.2 Å². The van der Waals surface area contributed by atoms with Gasteiger partial charge in [0.15, 0.2) is 6.79 Å². The van der Waals surface area contributed by atoms with E-state index in [4.69, 9.17) is 14.2 Å². The van der Waals surface area contributed by atoms with Gasteiger partial charge in [-0.3, -0.25) is 0 Å². The van der Waals surface area contributed by atoms with Crippen LogP contribution in [-0.2, 0) is 15.9 Å². The van der Waals surface area contributed by atoms with Gasteiger partial charge in [-0.15, -0.1) is 0 Å². The zero-order chi connectivity index (χ0) is 15.0. The normalized spacial score (nSPS) is 11.7. The maximum Gasteiger partial charge on any atom is 0.189 e. The van der Waals surface area contributed by atoms with Crippen LogP contribution in [0.3, 0.4) is 0 Å². The van der Waals surface area contributed by atoms with Crippen LogP contribution in [0.25, 0.3) is 0 Å². The van der Waals surface area contributed by atoms with E-state index in [1.54, 1.807) is 7.11 Å². The van der Waals surface area contributed by atoms with Crippen LogP contribution in [-0.4, -0.2) is 35.2 Å². The van der Waals surface area contributed by atoms with E-state index in [0.717, 1.165) is 29.3 Å². The van der Waals surface area contributed by atoms with E-state index < -0.39 is 8.07 Å². The Morgan fingerprint density at radius 2 is 1.90 bits per heavy atom. The van der Waals surface area contributed by atoms with Crippen molar-refractivity contribution in [2.45, 2.75) is 32.1 Å². The number of benzene rings is 1. The lowest BCUT2D eigenvalue weighted by atomic mass is 10.1. The molecular formula is C15H25BrO3Si. The molecule has 0 N–H and O–H groups in total. The first-order valence-electron chi connectivity index (χ1n) is 6.90. The summed E-state index contributed by atoms with van der Waals surface area (Å²) in [6.07, 6.45) is 0.866. The summed E-state index contributed by atoms with van der Waals surface area (Å²) < 4.78 is 17.4. The monoisotopic (exact) mass is 360 g/mol. The molecule has 0 radical (unpaired) electrons. The lowest BCUT2D eigenvalue weighted by Crippen LogP contribution is -2.22. The van der Waals surface area contributed by atoms with Gasteiger partial charge in [0.1, 0.15) is 5.75 Å². The number of hydrogen-bond donors (Lipinski definition) is 0. The molecule has 0 fully saturated rings. The zero-order valence-corrected chi connectivity index (χ0v) is 15.5. The second-order valence-corrected chi connectivity index (χ2v) is 12.5. The average molecular weight is 361 g/mol. The predicted molar refractivity (Wildman–Crippen MR) is 89.3 cm³/mol. The fraction of sp³-hybridized carbons (Fsp3) is 0.600. The van der Waals surface area contributed by atoms with Crippen LogP contribution in [0.15, 0.2) is 22.7 Å². The summed E-state index contributed by atoms with van der Waals surface area (Å²) in [5.41, 5.74) is 1.19. The molecule has 0 atom stereocenters. The third kappa shape index (κ3) is 7.43. The van der Waals surface area contributed by atoms with Crippen molar-refractivity contribution in [1.82, 2.24) is 0 Å². The van der Waals surface area contributed by atoms with Crippen molar-refractivity contribution in [3.63, 3.8) is 0 Å². The Morgan fingerprint density at radius 1 is 1.15 bits per heavy atom. The molecule has 0 spiro atoms. The van der Waals surface area contributed by atoms with E-state index in [1.165, 1.54) is 5.56 Å². The molecule has 114 valence electrons. The SMILES string of the molecule is COCCc1cc(OCOCC[Si](C)(C)C)ccc1Br. The smallest absolute Gasteiger partial charge is 0.189 e. The molecule has 3 nitrogen and oxygen atoms in total. The first-order chi connectivity index (χ1) is 9.42. The van der Waals surface area contributed by atoms with E-state index in [0.29, 0.717) is 13.4 Å². The highest BCUT2D eigenvalue weighted by Crippen LogP contribution is 2.23. The van der Waals surface area contributed by atoms with Crippen LogP contribution in [0.1, 0.15) is 5.56 Å². The van der Waals surface area contributed by atoms with Gasteiger partial charge in [-0.2, -0.15) is 0 Å². The van der Waals surface area contributed by atoms with Crippen LogP contribution < -0.4 is 4.74 Å². The van der Waals surface area contributed by atoms with Gasteiger partial charge in [-0.1, -0.05) is 35.6 Å². The lowest BCUT2D eigenvalue weighted by Gasteiger charge is -2.15. The molecule has 0 aliphatic carbocycles. The van der Waals surface area contributed by atoms with Crippen molar-refractivity contribution < 1.29 is 14.2 Å². The Bertz CT molecular complexity index is 405. The Labute approximate surface area is 131 Å². The average Bonchev–Trinajstić information content (AvgIpc) is 2.37. The number of ether oxygens (including phenoxy) is 3. The number of halogens is 1. The maximum absolute atomic E-state index is 5.63. The van der Waals surface area contributed by atoms with Crippen LogP contribution in [0, 0.1) is 0 Å². The van der Waals surface area contributed by atoms with Crippen molar-refractivity contribution in [2.24, 2.45) is 0 Å². The minimum absolute atomic E-state index is 0.315. The standard InChI is InChI=1S/C15H25BrO3Si/c1-17-8-7-13-11-14(5-6-15(13)16)19-12-18-9-10-20(2,3)4/h5-6,11H,7-10,12H2,1-4H3. The van der Waals surface area contributed by atoms with Crippen LogP contribution >= 0.6 is 15.9 Å². The second kappa shape index (κ2) is 8.82. The first kappa shape index (κ1) is 17.7. The molecule has 1 rings (SSSR count). The third-order valence-corrected chi connectivity index (χ3v) is 5.38. The van der Waals surface area contributed by atoms with Gasteiger partial charge in [0, 0.05) is 26.3 Å². The lowest BCUT2D eigenvalue weighted by molar-refractivity contribution is 0.0220. The molecule has 0 bridgehead atoms. The quantitative estimate of drug-likeness (QED) is 0.372. The molecule has 0 heterocycles. The molecule has 5 heteroatoms. The molecular weight excluding hydrogens is 336 g/mol.